The second-order valence-corrected chi connectivity index (χ2v) is 4.33. The number of hydrogen-bond acceptors (Lipinski definition) is 5. The minimum atomic E-state index is -0.414. The molecule has 0 aromatic heterocycles. The molecule has 2 rings (SSSR count). The molecule has 0 saturated carbocycles. The summed E-state index contributed by atoms with van der Waals surface area (Å²) in [5.74, 6) is -0.507. The van der Waals surface area contributed by atoms with Gasteiger partial charge < -0.3 is 20.1 Å². The van der Waals surface area contributed by atoms with Crippen LogP contribution >= 0.6 is 0 Å². The summed E-state index contributed by atoms with van der Waals surface area (Å²) in [5, 5.41) is 28.4. The molecule has 5 nitrogen and oxygen atoms in total. The van der Waals surface area contributed by atoms with Crippen molar-refractivity contribution in [1.29, 1.82) is 0 Å². The lowest BCUT2D eigenvalue weighted by Gasteiger charge is -2.03. The SMILES string of the molecule is COc1ccc(/C=C/C(=O)c2ccc(O)cc2O)cc1O. The average Bonchev–Trinajstić information content (AvgIpc) is 2.45. The molecular weight excluding hydrogens is 272 g/mol. The van der Waals surface area contributed by atoms with Crippen molar-refractivity contribution in [2.75, 3.05) is 7.11 Å². The molecule has 0 amide bonds. The quantitative estimate of drug-likeness (QED) is 0.594. The van der Waals surface area contributed by atoms with Crippen LogP contribution in [0.4, 0.5) is 0 Å². The zero-order valence-corrected chi connectivity index (χ0v) is 11.3. The fraction of sp³-hybridized carbons (Fsp3) is 0.0625. The highest BCUT2D eigenvalue weighted by molar-refractivity contribution is 6.08. The minimum Gasteiger partial charge on any atom is -0.508 e. The maximum Gasteiger partial charge on any atom is 0.189 e. The third-order valence-corrected chi connectivity index (χ3v) is 2.88. The van der Waals surface area contributed by atoms with Gasteiger partial charge in [-0.3, -0.25) is 4.79 Å². The molecule has 0 radical (unpaired) electrons. The highest BCUT2D eigenvalue weighted by atomic mass is 16.5. The Kier molecular flexibility index (Phi) is 4.13. The lowest BCUT2D eigenvalue weighted by molar-refractivity contribution is 0.104. The topological polar surface area (TPSA) is 87.0 Å². The van der Waals surface area contributed by atoms with Crippen molar-refractivity contribution in [3.05, 3.63) is 53.6 Å². The van der Waals surface area contributed by atoms with Crippen molar-refractivity contribution >= 4 is 11.9 Å². The lowest BCUT2D eigenvalue weighted by atomic mass is 10.1. The van der Waals surface area contributed by atoms with Crippen molar-refractivity contribution in [2.45, 2.75) is 0 Å². The van der Waals surface area contributed by atoms with E-state index in [1.165, 1.54) is 37.5 Å². The molecular formula is C16H14O5. The molecule has 108 valence electrons. The van der Waals surface area contributed by atoms with Crippen molar-refractivity contribution in [1.82, 2.24) is 0 Å². The molecule has 0 aliphatic carbocycles. The van der Waals surface area contributed by atoms with Crippen LogP contribution in [0.2, 0.25) is 0 Å². The first-order valence-corrected chi connectivity index (χ1v) is 6.12. The van der Waals surface area contributed by atoms with E-state index in [1.807, 2.05) is 0 Å². The monoisotopic (exact) mass is 286 g/mol. The van der Waals surface area contributed by atoms with Crippen LogP contribution < -0.4 is 4.74 Å². The molecule has 0 saturated heterocycles. The third-order valence-electron chi connectivity index (χ3n) is 2.88. The number of ketones is 1. The number of ether oxygens (including phenoxy) is 1. The molecule has 2 aromatic carbocycles. The normalized spacial score (nSPS) is 10.7. The van der Waals surface area contributed by atoms with Gasteiger partial charge in [0, 0.05) is 6.07 Å². The Hall–Kier alpha value is -2.95. The Bertz CT molecular complexity index is 704. The van der Waals surface area contributed by atoms with Gasteiger partial charge in [0.15, 0.2) is 17.3 Å². The van der Waals surface area contributed by atoms with E-state index < -0.39 is 5.78 Å². The summed E-state index contributed by atoms with van der Waals surface area (Å²) >= 11 is 0. The number of allylic oxidation sites excluding steroid dienone is 1. The van der Waals surface area contributed by atoms with Crippen LogP contribution in [-0.2, 0) is 0 Å². The Morgan fingerprint density at radius 2 is 1.81 bits per heavy atom. The first kappa shape index (κ1) is 14.5. The summed E-state index contributed by atoms with van der Waals surface area (Å²) in [5.41, 5.74) is 0.696. The number of benzene rings is 2. The van der Waals surface area contributed by atoms with Crippen molar-refractivity contribution < 1.29 is 24.9 Å². The predicted octanol–water partition coefficient (Wildman–Crippen LogP) is 2.71. The number of methoxy groups -OCH3 is 1. The average molecular weight is 286 g/mol. The van der Waals surface area contributed by atoms with Gasteiger partial charge in [0.1, 0.15) is 11.5 Å². The number of carbonyl (C=O) groups excluding carboxylic acids is 1. The van der Waals surface area contributed by atoms with Crippen molar-refractivity contribution in [2.24, 2.45) is 0 Å². The molecule has 2 aromatic rings. The largest absolute Gasteiger partial charge is 0.508 e. The molecule has 0 bridgehead atoms. The van der Waals surface area contributed by atoms with E-state index in [0.717, 1.165) is 6.07 Å². The molecule has 0 aliphatic rings. The minimum absolute atomic E-state index is 0.0282. The third kappa shape index (κ3) is 3.33. The van der Waals surface area contributed by atoms with Crippen LogP contribution in [0.3, 0.4) is 0 Å². The van der Waals surface area contributed by atoms with Crippen LogP contribution in [-0.4, -0.2) is 28.2 Å². The molecule has 0 spiro atoms. The van der Waals surface area contributed by atoms with Crippen molar-refractivity contribution in [3.63, 3.8) is 0 Å². The van der Waals surface area contributed by atoms with Gasteiger partial charge in [0.05, 0.1) is 12.7 Å². The molecule has 0 atom stereocenters. The number of phenols is 3. The predicted molar refractivity (Wildman–Crippen MR) is 77.8 cm³/mol. The number of phenolic OH excluding ortho intramolecular Hbond substituents is 3. The summed E-state index contributed by atoms with van der Waals surface area (Å²) in [7, 11) is 1.45. The standard InChI is InChI=1S/C16H14O5/c1-21-16-7-3-10(8-15(16)20)2-6-13(18)12-5-4-11(17)9-14(12)19/h2-9,17,19-20H,1H3/b6-2+. The summed E-state index contributed by atoms with van der Waals surface area (Å²) in [6.07, 6.45) is 2.78. The van der Waals surface area contributed by atoms with E-state index in [9.17, 15) is 20.1 Å². The number of rotatable bonds is 4. The molecule has 0 fully saturated rings. The van der Waals surface area contributed by atoms with E-state index in [-0.39, 0.29) is 22.8 Å². The second kappa shape index (κ2) is 6.00. The highest BCUT2D eigenvalue weighted by Crippen LogP contribution is 2.27. The molecule has 0 aliphatic heterocycles. The summed E-state index contributed by atoms with van der Waals surface area (Å²) in [6, 6.07) is 8.47. The fourth-order valence-corrected chi connectivity index (χ4v) is 1.80. The van der Waals surface area contributed by atoms with Crippen LogP contribution in [0.1, 0.15) is 15.9 Å². The molecule has 21 heavy (non-hydrogen) atoms. The number of carbonyl (C=O) groups is 1. The second-order valence-electron chi connectivity index (χ2n) is 4.33. The van der Waals surface area contributed by atoms with Crippen LogP contribution in [0.25, 0.3) is 6.08 Å². The number of hydrogen-bond donors (Lipinski definition) is 3. The van der Waals surface area contributed by atoms with Gasteiger partial charge in [0.2, 0.25) is 0 Å². The smallest absolute Gasteiger partial charge is 0.189 e. The maximum absolute atomic E-state index is 11.9. The van der Waals surface area contributed by atoms with E-state index in [0.29, 0.717) is 11.3 Å². The summed E-state index contributed by atoms with van der Waals surface area (Å²) in [6.45, 7) is 0. The first-order chi connectivity index (χ1) is 10.0. The zero-order valence-electron chi connectivity index (χ0n) is 11.3. The Morgan fingerprint density at radius 1 is 1.05 bits per heavy atom. The summed E-state index contributed by atoms with van der Waals surface area (Å²) < 4.78 is 4.92. The highest BCUT2D eigenvalue weighted by Gasteiger charge is 2.09. The van der Waals surface area contributed by atoms with Crippen LogP contribution in [0.15, 0.2) is 42.5 Å². The van der Waals surface area contributed by atoms with Gasteiger partial charge in [-0.25, -0.2) is 0 Å². The van der Waals surface area contributed by atoms with Gasteiger partial charge in [-0.2, -0.15) is 0 Å². The summed E-state index contributed by atoms with van der Waals surface area (Å²) in [4.78, 5) is 11.9. The van der Waals surface area contributed by atoms with E-state index >= 15 is 0 Å². The first-order valence-electron chi connectivity index (χ1n) is 6.12. The Balaban J connectivity index is 2.20. The van der Waals surface area contributed by atoms with Gasteiger partial charge in [-0.05, 0) is 35.9 Å². The van der Waals surface area contributed by atoms with E-state index in [1.54, 1.807) is 12.1 Å². The molecule has 0 heterocycles. The van der Waals surface area contributed by atoms with E-state index in [4.69, 9.17) is 4.74 Å². The Morgan fingerprint density at radius 3 is 2.43 bits per heavy atom. The lowest BCUT2D eigenvalue weighted by Crippen LogP contribution is -1.94. The van der Waals surface area contributed by atoms with Crippen LogP contribution in [0, 0.1) is 0 Å². The zero-order chi connectivity index (χ0) is 15.4. The van der Waals surface area contributed by atoms with Crippen LogP contribution in [0.5, 0.6) is 23.0 Å². The molecule has 0 unspecified atom stereocenters. The van der Waals surface area contributed by atoms with Gasteiger partial charge >= 0.3 is 0 Å². The van der Waals surface area contributed by atoms with Gasteiger partial charge in [-0.1, -0.05) is 12.1 Å². The van der Waals surface area contributed by atoms with Gasteiger partial charge in [-0.15, -0.1) is 0 Å². The van der Waals surface area contributed by atoms with Crippen molar-refractivity contribution in [3.8, 4) is 23.0 Å². The maximum atomic E-state index is 11.9. The molecule has 5 heteroatoms. The fourth-order valence-electron chi connectivity index (χ4n) is 1.80. The molecule has 3 N–H and O–H groups in total. The van der Waals surface area contributed by atoms with Gasteiger partial charge in [0.25, 0.3) is 0 Å². The van der Waals surface area contributed by atoms with E-state index in [2.05, 4.69) is 0 Å². The Labute approximate surface area is 121 Å². The number of aromatic hydroxyl groups is 3.